The van der Waals surface area contributed by atoms with Crippen molar-refractivity contribution in [2.24, 2.45) is 0 Å². The first-order valence-corrected chi connectivity index (χ1v) is 9.92. The second kappa shape index (κ2) is 7.34. The number of rotatable bonds is 7. The SMILES string of the molecule is CCc1nnc(-c2csc(S(=O)(=O)NCc3ccc(OC)cc3)c2)o1. The van der Waals surface area contributed by atoms with Crippen LogP contribution in [0.25, 0.3) is 11.5 Å². The van der Waals surface area contributed by atoms with Crippen LogP contribution in [0.1, 0.15) is 18.4 Å². The van der Waals surface area contributed by atoms with E-state index in [1.165, 1.54) is 6.07 Å². The molecule has 0 aliphatic rings. The van der Waals surface area contributed by atoms with Crippen molar-refractivity contribution in [3.63, 3.8) is 0 Å². The summed E-state index contributed by atoms with van der Waals surface area (Å²) in [5.41, 5.74) is 1.44. The molecule has 0 unspecified atom stereocenters. The third kappa shape index (κ3) is 4.06. The van der Waals surface area contributed by atoms with Gasteiger partial charge < -0.3 is 9.15 Å². The van der Waals surface area contributed by atoms with Crippen LogP contribution in [0.5, 0.6) is 5.75 Å². The fourth-order valence-electron chi connectivity index (χ4n) is 2.08. The van der Waals surface area contributed by atoms with Gasteiger partial charge in [-0.15, -0.1) is 21.5 Å². The average molecular weight is 379 g/mol. The largest absolute Gasteiger partial charge is 0.497 e. The van der Waals surface area contributed by atoms with Gasteiger partial charge in [-0.3, -0.25) is 0 Å². The third-order valence-corrected chi connectivity index (χ3v) is 6.32. The van der Waals surface area contributed by atoms with E-state index < -0.39 is 10.0 Å². The van der Waals surface area contributed by atoms with E-state index in [2.05, 4.69) is 14.9 Å². The Kier molecular flexibility index (Phi) is 5.16. The van der Waals surface area contributed by atoms with Crippen molar-refractivity contribution >= 4 is 21.4 Å². The molecule has 0 fully saturated rings. The van der Waals surface area contributed by atoms with Crippen molar-refractivity contribution in [2.45, 2.75) is 24.1 Å². The van der Waals surface area contributed by atoms with Gasteiger partial charge in [0.05, 0.1) is 12.7 Å². The van der Waals surface area contributed by atoms with Crippen molar-refractivity contribution < 1.29 is 17.6 Å². The molecule has 7 nitrogen and oxygen atoms in total. The molecule has 3 aromatic rings. The molecule has 0 aliphatic heterocycles. The Hall–Kier alpha value is -2.23. The number of hydrogen-bond donors (Lipinski definition) is 1. The van der Waals surface area contributed by atoms with E-state index in [-0.39, 0.29) is 10.8 Å². The molecule has 3 rings (SSSR count). The lowest BCUT2D eigenvalue weighted by molar-refractivity contribution is 0.414. The molecule has 0 bridgehead atoms. The Balaban J connectivity index is 1.71. The molecule has 0 spiro atoms. The van der Waals surface area contributed by atoms with Gasteiger partial charge in [-0.2, -0.15) is 0 Å². The van der Waals surface area contributed by atoms with E-state index >= 15 is 0 Å². The smallest absolute Gasteiger partial charge is 0.250 e. The average Bonchev–Trinajstić information content (AvgIpc) is 3.29. The fourth-order valence-corrected chi connectivity index (χ4v) is 4.29. The first-order valence-electron chi connectivity index (χ1n) is 7.55. The summed E-state index contributed by atoms with van der Waals surface area (Å²) in [5, 5.41) is 9.50. The molecule has 1 N–H and O–H groups in total. The molecule has 0 saturated carbocycles. The Morgan fingerprint density at radius 2 is 2.00 bits per heavy atom. The highest BCUT2D eigenvalue weighted by Gasteiger charge is 2.19. The lowest BCUT2D eigenvalue weighted by Crippen LogP contribution is -2.22. The summed E-state index contributed by atoms with van der Waals surface area (Å²) in [5.74, 6) is 1.56. The third-order valence-electron chi connectivity index (χ3n) is 3.48. The maximum absolute atomic E-state index is 12.4. The normalized spacial score (nSPS) is 11.6. The zero-order chi connectivity index (χ0) is 17.9. The quantitative estimate of drug-likeness (QED) is 0.678. The van der Waals surface area contributed by atoms with Crippen molar-refractivity contribution in [1.82, 2.24) is 14.9 Å². The number of methoxy groups -OCH3 is 1. The zero-order valence-corrected chi connectivity index (χ0v) is 15.4. The highest BCUT2D eigenvalue weighted by Crippen LogP contribution is 2.27. The number of ether oxygens (including phenoxy) is 1. The highest BCUT2D eigenvalue weighted by atomic mass is 32.2. The number of nitrogens with zero attached hydrogens (tertiary/aromatic N) is 2. The van der Waals surface area contributed by atoms with Gasteiger partial charge in [0, 0.05) is 18.3 Å². The minimum atomic E-state index is -3.61. The van der Waals surface area contributed by atoms with E-state index in [0.29, 0.717) is 23.8 Å². The summed E-state index contributed by atoms with van der Waals surface area (Å²) in [6.45, 7) is 2.10. The van der Waals surface area contributed by atoms with Gasteiger partial charge in [0.1, 0.15) is 9.96 Å². The molecule has 0 saturated heterocycles. The van der Waals surface area contributed by atoms with Crippen LogP contribution >= 0.6 is 11.3 Å². The van der Waals surface area contributed by atoms with Crippen LogP contribution in [0.4, 0.5) is 0 Å². The number of benzene rings is 1. The Labute approximate surface area is 149 Å². The number of hydrogen-bond acceptors (Lipinski definition) is 7. The van der Waals surface area contributed by atoms with E-state index in [4.69, 9.17) is 9.15 Å². The molecule has 0 aliphatic carbocycles. The maximum Gasteiger partial charge on any atom is 0.250 e. The summed E-state index contributed by atoms with van der Waals surface area (Å²) >= 11 is 1.11. The van der Waals surface area contributed by atoms with Gasteiger partial charge in [-0.05, 0) is 23.8 Å². The summed E-state index contributed by atoms with van der Waals surface area (Å²) in [6, 6.07) is 8.73. The first-order chi connectivity index (χ1) is 12.0. The highest BCUT2D eigenvalue weighted by molar-refractivity contribution is 7.91. The van der Waals surface area contributed by atoms with Crippen LogP contribution < -0.4 is 9.46 Å². The molecule has 1 aromatic carbocycles. The number of aromatic nitrogens is 2. The van der Waals surface area contributed by atoms with Crippen LogP contribution in [-0.4, -0.2) is 25.7 Å². The minimum absolute atomic E-state index is 0.195. The van der Waals surface area contributed by atoms with Crippen molar-refractivity contribution in [2.75, 3.05) is 7.11 Å². The minimum Gasteiger partial charge on any atom is -0.497 e. The number of nitrogens with one attached hydrogen (secondary N) is 1. The topological polar surface area (TPSA) is 94.3 Å². The predicted octanol–water partition coefficient (Wildman–Crippen LogP) is 2.85. The second-order valence-electron chi connectivity index (χ2n) is 5.18. The summed E-state index contributed by atoms with van der Waals surface area (Å²) in [6.07, 6.45) is 0.631. The van der Waals surface area contributed by atoms with E-state index in [9.17, 15) is 8.42 Å². The van der Waals surface area contributed by atoms with Gasteiger partial charge in [0.25, 0.3) is 0 Å². The fraction of sp³-hybridized carbons (Fsp3) is 0.250. The van der Waals surface area contributed by atoms with Gasteiger partial charge in [0.15, 0.2) is 0 Å². The van der Waals surface area contributed by atoms with Gasteiger partial charge >= 0.3 is 0 Å². The molecule has 0 radical (unpaired) electrons. The molecular weight excluding hydrogens is 362 g/mol. The van der Waals surface area contributed by atoms with Crippen LogP contribution in [0, 0.1) is 0 Å². The van der Waals surface area contributed by atoms with E-state index in [1.54, 1.807) is 24.6 Å². The van der Waals surface area contributed by atoms with Gasteiger partial charge in [-0.25, -0.2) is 13.1 Å². The van der Waals surface area contributed by atoms with Crippen LogP contribution in [-0.2, 0) is 23.0 Å². The van der Waals surface area contributed by atoms with Crippen LogP contribution in [0.3, 0.4) is 0 Å². The summed E-state index contributed by atoms with van der Waals surface area (Å²) < 4.78 is 38.2. The Morgan fingerprint density at radius 1 is 1.24 bits per heavy atom. The molecule has 0 amide bonds. The van der Waals surface area contributed by atoms with Crippen molar-refractivity contribution in [3.05, 3.63) is 47.2 Å². The predicted molar refractivity (Wildman–Crippen MR) is 94.0 cm³/mol. The molecule has 2 aromatic heterocycles. The maximum atomic E-state index is 12.4. The van der Waals surface area contributed by atoms with Crippen LogP contribution in [0.2, 0.25) is 0 Å². The zero-order valence-electron chi connectivity index (χ0n) is 13.7. The van der Waals surface area contributed by atoms with Gasteiger partial charge in [-0.1, -0.05) is 19.1 Å². The summed E-state index contributed by atoms with van der Waals surface area (Å²) in [4.78, 5) is 0. The molecule has 9 heteroatoms. The van der Waals surface area contributed by atoms with Gasteiger partial charge in [0.2, 0.25) is 21.8 Å². The van der Waals surface area contributed by atoms with Crippen LogP contribution in [0.15, 0.2) is 44.3 Å². The standard InChI is InChI=1S/C16H17N3O4S2/c1-3-14-18-19-16(23-14)12-8-15(24-10-12)25(20,21)17-9-11-4-6-13(22-2)7-5-11/h4-8,10,17H,3,9H2,1-2H3. The second-order valence-corrected chi connectivity index (χ2v) is 8.09. The van der Waals surface area contributed by atoms with E-state index in [1.807, 2.05) is 19.1 Å². The van der Waals surface area contributed by atoms with Crippen molar-refractivity contribution in [1.29, 1.82) is 0 Å². The molecule has 0 atom stereocenters. The number of aryl methyl sites for hydroxylation is 1. The number of thiophene rings is 1. The Bertz CT molecular complexity index is 946. The summed E-state index contributed by atoms with van der Waals surface area (Å²) in [7, 11) is -2.03. The number of sulfonamides is 1. The molecular formula is C16H17N3O4S2. The monoisotopic (exact) mass is 379 g/mol. The Morgan fingerprint density at radius 3 is 2.64 bits per heavy atom. The molecule has 132 valence electrons. The lowest BCUT2D eigenvalue weighted by Gasteiger charge is -2.06. The van der Waals surface area contributed by atoms with E-state index in [0.717, 1.165) is 22.6 Å². The lowest BCUT2D eigenvalue weighted by atomic mass is 10.2. The first kappa shape index (κ1) is 17.6. The molecule has 2 heterocycles. The molecule has 25 heavy (non-hydrogen) atoms. The van der Waals surface area contributed by atoms with Crippen molar-refractivity contribution in [3.8, 4) is 17.2 Å².